The Morgan fingerprint density at radius 2 is 1.38 bits per heavy atom. The van der Waals surface area contributed by atoms with E-state index in [0.29, 0.717) is 16.5 Å². The molecule has 0 radical (unpaired) electrons. The lowest BCUT2D eigenvalue weighted by molar-refractivity contribution is 0.0603. The molecular formula is C25H21NO3. The fourth-order valence-electron chi connectivity index (χ4n) is 3.73. The van der Waals surface area contributed by atoms with Crippen molar-refractivity contribution in [2.24, 2.45) is 0 Å². The zero-order valence-corrected chi connectivity index (χ0v) is 16.1. The van der Waals surface area contributed by atoms with Crippen molar-refractivity contribution in [1.29, 1.82) is 0 Å². The number of ether oxygens (including phenoxy) is 1. The van der Waals surface area contributed by atoms with Gasteiger partial charge in [-0.2, -0.15) is 0 Å². The Labute approximate surface area is 169 Å². The monoisotopic (exact) mass is 383 g/mol. The molecule has 0 saturated carbocycles. The molecule has 1 aromatic heterocycles. The second-order valence-electron chi connectivity index (χ2n) is 6.89. The van der Waals surface area contributed by atoms with Crippen LogP contribution in [-0.4, -0.2) is 23.6 Å². The second kappa shape index (κ2) is 8.15. The summed E-state index contributed by atoms with van der Waals surface area (Å²) in [6.07, 6.45) is 1.87. The number of esters is 1. The molecule has 4 rings (SSSR count). The first-order valence-corrected chi connectivity index (χ1v) is 9.50. The summed E-state index contributed by atoms with van der Waals surface area (Å²) in [6.45, 7) is 0. The van der Waals surface area contributed by atoms with Crippen molar-refractivity contribution in [3.63, 3.8) is 0 Å². The third kappa shape index (κ3) is 3.69. The van der Waals surface area contributed by atoms with E-state index in [-0.39, 0.29) is 18.2 Å². The number of para-hydroxylation sites is 1. The number of nitrogens with zero attached hydrogens (tertiary/aromatic N) is 1. The molecule has 0 bridgehead atoms. The predicted octanol–water partition coefficient (Wildman–Crippen LogP) is 5.29. The Bertz CT molecular complexity index is 1110. The minimum atomic E-state index is -0.449. The maximum absolute atomic E-state index is 13.4. The van der Waals surface area contributed by atoms with E-state index in [4.69, 9.17) is 4.74 Å². The number of benzene rings is 3. The fourth-order valence-corrected chi connectivity index (χ4v) is 3.73. The summed E-state index contributed by atoms with van der Waals surface area (Å²) < 4.78 is 6.46. The quantitative estimate of drug-likeness (QED) is 0.440. The lowest BCUT2D eigenvalue weighted by Crippen LogP contribution is -2.15. The normalized spacial score (nSPS) is 11.0. The third-order valence-corrected chi connectivity index (χ3v) is 5.17. The lowest BCUT2D eigenvalue weighted by Gasteiger charge is -2.18. The first-order chi connectivity index (χ1) is 14.2. The lowest BCUT2D eigenvalue weighted by atomic mass is 9.88. The minimum absolute atomic E-state index is 0.0749. The Hall–Kier alpha value is -3.66. The van der Waals surface area contributed by atoms with E-state index in [2.05, 4.69) is 0 Å². The van der Waals surface area contributed by atoms with Gasteiger partial charge in [0.25, 0.3) is 0 Å². The van der Waals surface area contributed by atoms with Crippen molar-refractivity contribution in [2.45, 2.75) is 12.3 Å². The van der Waals surface area contributed by atoms with Gasteiger partial charge < -0.3 is 4.74 Å². The molecule has 0 saturated heterocycles. The summed E-state index contributed by atoms with van der Waals surface area (Å²) in [4.78, 5) is 25.5. The molecule has 0 spiro atoms. The van der Waals surface area contributed by atoms with Gasteiger partial charge in [0, 0.05) is 23.9 Å². The van der Waals surface area contributed by atoms with Crippen molar-refractivity contribution in [2.75, 3.05) is 7.11 Å². The highest BCUT2D eigenvalue weighted by Crippen LogP contribution is 2.30. The van der Waals surface area contributed by atoms with Crippen LogP contribution in [0.1, 0.15) is 38.6 Å². The molecular weight excluding hydrogens is 362 g/mol. The molecule has 144 valence electrons. The number of hydrogen-bond donors (Lipinski definition) is 0. The van der Waals surface area contributed by atoms with E-state index >= 15 is 0 Å². The van der Waals surface area contributed by atoms with E-state index in [9.17, 15) is 9.59 Å². The molecule has 29 heavy (non-hydrogen) atoms. The van der Waals surface area contributed by atoms with Gasteiger partial charge in [0.2, 0.25) is 5.91 Å². The first kappa shape index (κ1) is 18.7. The van der Waals surface area contributed by atoms with E-state index < -0.39 is 5.97 Å². The van der Waals surface area contributed by atoms with E-state index in [1.54, 1.807) is 10.8 Å². The van der Waals surface area contributed by atoms with Crippen LogP contribution in [0.15, 0.2) is 91.1 Å². The molecule has 0 N–H and O–H groups in total. The summed E-state index contributed by atoms with van der Waals surface area (Å²) in [5.41, 5.74) is 3.26. The van der Waals surface area contributed by atoms with Gasteiger partial charge in [-0.1, -0.05) is 78.9 Å². The average molecular weight is 383 g/mol. The third-order valence-electron chi connectivity index (χ3n) is 5.17. The molecule has 3 aromatic carbocycles. The summed E-state index contributed by atoms with van der Waals surface area (Å²) in [5, 5.41) is 0.712. The Kier molecular flexibility index (Phi) is 5.25. The molecule has 0 aliphatic carbocycles. The van der Waals surface area contributed by atoms with Crippen LogP contribution in [0.3, 0.4) is 0 Å². The Morgan fingerprint density at radius 1 is 0.828 bits per heavy atom. The Balaban J connectivity index is 1.75. The summed E-state index contributed by atoms with van der Waals surface area (Å²) in [7, 11) is 1.34. The van der Waals surface area contributed by atoms with Crippen molar-refractivity contribution in [1.82, 2.24) is 4.57 Å². The van der Waals surface area contributed by atoms with Crippen LogP contribution in [0.25, 0.3) is 10.9 Å². The molecule has 0 fully saturated rings. The molecule has 0 aliphatic rings. The number of carbonyl (C=O) groups excluding carboxylic acids is 2. The van der Waals surface area contributed by atoms with E-state index in [1.807, 2.05) is 84.9 Å². The van der Waals surface area contributed by atoms with Crippen LogP contribution >= 0.6 is 0 Å². The van der Waals surface area contributed by atoms with Gasteiger partial charge >= 0.3 is 5.97 Å². The van der Waals surface area contributed by atoms with E-state index in [0.717, 1.165) is 11.1 Å². The number of rotatable bonds is 5. The second-order valence-corrected chi connectivity index (χ2v) is 6.89. The highest BCUT2D eigenvalue weighted by Gasteiger charge is 2.23. The van der Waals surface area contributed by atoms with Gasteiger partial charge in [-0.3, -0.25) is 9.36 Å². The van der Waals surface area contributed by atoms with Gasteiger partial charge in [-0.15, -0.1) is 0 Å². The molecule has 0 atom stereocenters. The molecule has 0 aliphatic heterocycles. The number of hydrogen-bond acceptors (Lipinski definition) is 3. The zero-order valence-electron chi connectivity index (χ0n) is 16.1. The van der Waals surface area contributed by atoms with Gasteiger partial charge in [0.15, 0.2) is 0 Å². The van der Waals surface area contributed by atoms with Crippen LogP contribution in [0.4, 0.5) is 0 Å². The van der Waals surface area contributed by atoms with Gasteiger partial charge in [-0.05, 0) is 17.2 Å². The number of aromatic nitrogens is 1. The van der Waals surface area contributed by atoms with Crippen molar-refractivity contribution in [3.8, 4) is 0 Å². The Morgan fingerprint density at radius 3 is 1.97 bits per heavy atom. The highest BCUT2D eigenvalue weighted by molar-refractivity contribution is 6.07. The number of carbonyl (C=O) groups is 2. The molecule has 4 nitrogen and oxygen atoms in total. The first-order valence-electron chi connectivity index (χ1n) is 9.50. The summed E-state index contributed by atoms with van der Waals surface area (Å²) in [6, 6.07) is 27.4. The van der Waals surface area contributed by atoms with Crippen molar-refractivity contribution in [3.05, 3.63) is 108 Å². The molecule has 1 heterocycles. The van der Waals surface area contributed by atoms with Crippen LogP contribution in [0.5, 0.6) is 0 Å². The topological polar surface area (TPSA) is 48.3 Å². The van der Waals surface area contributed by atoms with Crippen LogP contribution in [-0.2, 0) is 4.74 Å². The molecule has 4 aromatic rings. The van der Waals surface area contributed by atoms with Gasteiger partial charge in [0.05, 0.1) is 18.2 Å². The molecule has 0 unspecified atom stereocenters. The maximum atomic E-state index is 13.4. The standard InChI is InChI=1S/C25H21NO3/c1-29-25(28)22-17-26(23-15-9-8-14-20(22)23)24(27)16-21(18-10-4-2-5-11-18)19-12-6-3-7-13-19/h2-15,17,21H,16H2,1H3. The molecule has 0 amide bonds. The average Bonchev–Trinajstić information content (AvgIpc) is 3.18. The summed E-state index contributed by atoms with van der Waals surface area (Å²) >= 11 is 0. The van der Waals surface area contributed by atoms with Crippen LogP contribution in [0.2, 0.25) is 0 Å². The minimum Gasteiger partial charge on any atom is -0.465 e. The zero-order chi connectivity index (χ0) is 20.2. The van der Waals surface area contributed by atoms with Gasteiger partial charge in [0.1, 0.15) is 0 Å². The predicted molar refractivity (Wildman–Crippen MR) is 113 cm³/mol. The smallest absolute Gasteiger partial charge is 0.340 e. The maximum Gasteiger partial charge on any atom is 0.340 e. The largest absolute Gasteiger partial charge is 0.465 e. The number of methoxy groups -OCH3 is 1. The fraction of sp³-hybridized carbons (Fsp3) is 0.120. The van der Waals surface area contributed by atoms with Gasteiger partial charge in [-0.25, -0.2) is 4.79 Å². The SMILES string of the molecule is COC(=O)c1cn(C(=O)CC(c2ccccc2)c2ccccc2)c2ccccc12. The number of fused-ring (bicyclic) bond motifs is 1. The van der Waals surface area contributed by atoms with Crippen LogP contribution < -0.4 is 0 Å². The van der Waals surface area contributed by atoms with Crippen molar-refractivity contribution >= 4 is 22.8 Å². The van der Waals surface area contributed by atoms with Crippen molar-refractivity contribution < 1.29 is 14.3 Å². The van der Waals surface area contributed by atoms with Crippen LogP contribution in [0, 0.1) is 0 Å². The highest BCUT2D eigenvalue weighted by atomic mass is 16.5. The van der Waals surface area contributed by atoms with E-state index in [1.165, 1.54) is 7.11 Å². The summed E-state index contributed by atoms with van der Waals surface area (Å²) in [5.74, 6) is -0.600. The molecule has 4 heteroatoms.